The van der Waals surface area contributed by atoms with Gasteiger partial charge in [0.25, 0.3) is 5.56 Å². The summed E-state index contributed by atoms with van der Waals surface area (Å²) in [6.07, 6.45) is 0. The second-order valence-electron chi connectivity index (χ2n) is 3.13. The molecule has 0 aliphatic heterocycles. The summed E-state index contributed by atoms with van der Waals surface area (Å²) in [4.78, 5) is 14.3. The number of benzene rings is 1. The van der Waals surface area contributed by atoms with Crippen molar-refractivity contribution in [1.29, 1.82) is 0 Å². The fraction of sp³-hybridized carbons (Fsp3) is 0.100. The van der Waals surface area contributed by atoms with Crippen LogP contribution >= 0.6 is 27.5 Å². The van der Waals surface area contributed by atoms with Gasteiger partial charge in [-0.3, -0.25) is 4.79 Å². The maximum Gasteiger partial charge on any atom is 0.256 e. The van der Waals surface area contributed by atoms with Crippen molar-refractivity contribution in [2.75, 3.05) is 0 Å². The van der Waals surface area contributed by atoms with Gasteiger partial charge in [0.2, 0.25) is 0 Å². The Hall–Kier alpha value is -0.800. The van der Waals surface area contributed by atoms with Gasteiger partial charge in [0.15, 0.2) is 0 Å². The minimum Gasteiger partial charge on any atom is -0.326 e. The summed E-state index contributed by atoms with van der Waals surface area (Å²) in [6.45, 7) is 1.83. The van der Waals surface area contributed by atoms with Crippen LogP contribution in [-0.2, 0) is 0 Å². The average molecular weight is 273 g/mol. The van der Waals surface area contributed by atoms with Crippen LogP contribution in [0.4, 0.5) is 0 Å². The van der Waals surface area contributed by atoms with Crippen molar-refractivity contribution in [2.24, 2.45) is 0 Å². The summed E-state index contributed by atoms with van der Waals surface area (Å²) < 4.78 is 0.810. The van der Waals surface area contributed by atoms with Gasteiger partial charge in [-0.15, -0.1) is 0 Å². The van der Waals surface area contributed by atoms with Crippen molar-refractivity contribution < 1.29 is 0 Å². The number of hydrogen-bond acceptors (Lipinski definition) is 1. The molecule has 2 aromatic rings. The maximum absolute atomic E-state index is 11.6. The molecule has 2 rings (SSSR count). The summed E-state index contributed by atoms with van der Waals surface area (Å²) >= 11 is 9.32. The normalized spacial score (nSPS) is 10.8. The number of H-pyrrole nitrogens is 1. The molecule has 14 heavy (non-hydrogen) atoms. The van der Waals surface area contributed by atoms with E-state index in [4.69, 9.17) is 11.6 Å². The summed E-state index contributed by atoms with van der Waals surface area (Å²) in [7, 11) is 0. The zero-order chi connectivity index (χ0) is 10.3. The van der Waals surface area contributed by atoms with Crippen LogP contribution in [-0.4, -0.2) is 4.98 Å². The Bertz CT molecular complexity index is 562. The molecule has 0 aliphatic rings. The van der Waals surface area contributed by atoms with Gasteiger partial charge >= 0.3 is 0 Å². The standard InChI is InChI=1S/C10H7BrClNO/c1-5-2-7-8(10(14)13-5)3-6(11)4-9(7)12/h2-4H,1H3,(H,13,14). The van der Waals surface area contributed by atoms with Gasteiger partial charge < -0.3 is 4.98 Å². The van der Waals surface area contributed by atoms with Gasteiger partial charge in [-0.2, -0.15) is 0 Å². The number of pyridine rings is 1. The quantitative estimate of drug-likeness (QED) is 0.784. The number of nitrogens with one attached hydrogen (secondary N) is 1. The summed E-state index contributed by atoms with van der Waals surface area (Å²) in [5.41, 5.74) is 0.704. The molecule has 0 saturated carbocycles. The van der Waals surface area contributed by atoms with Gasteiger partial charge in [-0.1, -0.05) is 27.5 Å². The first-order valence-corrected chi connectivity index (χ1v) is 5.24. The number of fused-ring (bicyclic) bond motifs is 1. The van der Waals surface area contributed by atoms with E-state index in [9.17, 15) is 4.79 Å². The minimum atomic E-state index is -0.108. The highest BCUT2D eigenvalue weighted by atomic mass is 79.9. The third-order valence-electron chi connectivity index (χ3n) is 2.01. The van der Waals surface area contributed by atoms with E-state index in [1.54, 1.807) is 12.1 Å². The molecule has 0 fully saturated rings. The van der Waals surface area contributed by atoms with Gasteiger partial charge in [-0.05, 0) is 25.1 Å². The van der Waals surface area contributed by atoms with Crippen LogP contribution in [0, 0.1) is 6.92 Å². The molecule has 1 N–H and O–H groups in total. The van der Waals surface area contributed by atoms with Crippen molar-refractivity contribution in [2.45, 2.75) is 6.92 Å². The largest absolute Gasteiger partial charge is 0.326 e. The topological polar surface area (TPSA) is 32.9 Å². The Morgan fingerprint density at radius 2 is 2.00 bits per heavy atom. The lowest BCUT2D eigenvalue weighted by Gasteiger charge is -2.02. The molecule has 0 spiro atoms. The third-order valence-corrected chi connectivity index (χ3v) is 2.78. The fourth-order valence-electron chi connectivity index (χ4n) is 1.42. The smallest absolute Gasteiger partial charge is 0.256 e. The lowest BCUT2D eigenvalue weighted by molar-refractivity contribution is 1.17. The minimum absolute atomic E-state index is 0.108. The van der Waals surface area contributed by atoms with Crippen molar-refractivity contribution in [1.82, 2.24) is 4.98 Å². The lowest BCUT2D eigenvalue weighted by atomic mass is 10.1. The van der Waals surface area contributed by atoms with E-state index in [0.29, 0.717) is 10.4 Å². The molecular weight excluding hydrogens is 265 g/mol. The van der Waals surface area contributed by atoms with Gasteiger partial charge in [0.05, 0.1) is 0 Å². The molecule has 0 amide bonds. The molecule has 1 aromatic carbocycles. The van der Waals surface area contributed by atoms with E-state index in [-0.39, 0.29) is 5.56 Å². The van der Waals surface area contributed by atoms with Crippen molar-refractivity contribution >= 4 is 38.3 Å². The molecule has 0 unspecified atom stereocenters. The molecular formula is C10H7BrClNO. The Morgan fingerprint density at radius 3 is 2.71 bits per heavy atom. The molecule has 0 saturated heterocycles. The maximum atomic E-state index is 11.6. The zero-order valence-corrected chi connectivity index (χ0v) is 9.74. The highest BCUT2D eigenvalue weighted by molar-refractivity contribution is 9.10. The fourth-order valence-corrected chi connectivity index (χ4v) is 2.28. The predicted octanol–water partition coefficient (Wildman–Crippen LogP) is 3.25. The van der Waals surface area contributed by atoms with Gasteiger partial charge in [-0.25, -0.2) is 0 Å². The number of aromatic nitrogens is 1. The molecule has 2 nitrogen and oxygen atoms in total. The van der Waals surface area contributed by atoms with Gasteiger partial charge in [0.1, 0.15) is 0 Å². The lowest BCUT2D eigenvalue weighted by Crippen LogP contribution is -2.07. The van der Waals surface area contributed by atoms with Gasteiger partial charge in [0, 0.05) is 26.0 Å². The predicted molar refractivity (Wildman–Crippen MR) is 62.0 cm³/mol. The van der Waals surface area contributed by atoms with Crippen LogP contribution < -0.4 is 5.56 Å². The molecule has 4 heteroatoms. The first-order chi connectivity index (χ1) is 6.58. The van der Waals surface area contributed by atoms with Crippen LogP contribution in [0.1, 0.15) is 5.69 Å². The number of aryl methyl sites for hydroxylation is 1. The van der Waals surface area contributed by atoms with Crippen LogP contribution in [0.5, 0.6) is 0 Å². The average Bonchev–Trinajstić information content (AvgIpc) is 2.07. The summed E-state index contributed by atoms with van der Waals surface area (Å²) in [6, 6.07) is 5.41. The summed E-state index contributed by atoms with van der Waals surface area (Å²) in [5.74, 6) is 0. The Labute approximate surface area is 94.0 Å². The van der Waals surface area contributed by atoms with E-state index in [1.165, 1.54) is 0 Å². The highest BCUT2D eigenvalue weighted by Gasteiger charge is 2.04. The molecule has 1 heterocycles. The first kappa shape index (κ1) is 9.74. The molecule has 1 aromatic heterocycles. The Balaban J connectivity index is 3.02. The molecule has 0 aliphatic carbocycles. The second kappa shape index (κ2) is 3.41. The summed E-state index contributed by atoms with van der Waals surface area (Å²) in [5, 5.41) is 1.98. The highest BCUT2D eigenvalue weighted by Crippen LogP contribution is 2.26. The monoisotopic (exact) mass is 271 g/mol. The van der Waals surface area contributed by atoms with E-state index < -0.39 is 0 Å². The first-order valence-electron chi connectivity index (χ1n) is 4.06. The number of aromatic amines is 1. The van der Waals surface area contributed by atoms with Crippen molar-refractivity contribution in [3.8, 4) is 0 Å². The molecule has 0 bridgehead atoms. The Kier molecular flexibility index (Phi) is 2.37. The SMILES string of the molecule is Cc1cc2c(Cl)cc(Br)cc2c(=O)[nH]1. The third kappa shape index (κ3) is 1.57. The van der Waals surface area contributed by atoms with Crippen LogP contribution in [0.15, 0.2) is 27.5 Å². The van der Waals surface area contributed by atoms with E-state index in [0.717, 1.165) is 15.6 Å². The number of rotatable bonds is 0. The van der Waals surface area contributed by atoms with Crippen molar-refractivity contribution in [3.05, 3.63) is 43.7 Å². The van der Waals surface area contributed by atoms with Crippen LogP contribution in [0.25, 0.3) is 10.8 Å². The van der Waals surface area contributed by atoms with Crippen LogP contribution in [0.3, 0.4) is 0 Å². The Morgan fingerprint density at radius 1 is 1.29 bits per heavy atom. The number of halogens is 2. The van der Waals surface area contributed by atoms with Crippen LogP contribution in [0.2, 0.25) is 5.02 Å². The second-order valence-corrected chi connectivity index (χ2v) is 4.45. The zero-order valence-electron chi connectivity index (χ0n) is 7.40. The number of hydrogen-bond donors (Lipinski definition) is 1. The van der Waals surface area contributed by atoms with E-state index in [1.807, 2.05) is 13.0 Å². The van der Waals surface area contributed by atoms with E-state index >= 15 is 0 Å². The van der Waals surface area contributed by atoms with Crippen molar-refractivity contribution in [3.63, 3.8) is 0 Å². The molecule has 0 radical (unpaired) electrons. The molecule has 0 atom stereocenters. The molecule has 72 valence electrons. The van der Waals surface area contributed by atoms with E-state index in [2.05, 4.69) is 20.9 Å².